The molecule has 1 aromatic carbocycles. The highest BCUT2D eigenvalue weighted by Crippen LogP contribution is 2.22. The number of carbonyl (C=O) groups is 1. The van der Waals surface area contributed by atoms with Gasteiger partial charge in [0.2, 0.25) is 0 Å². The molecule has 0 saturated heterocycles. The van der Waals surface area contributed by atoms with Crippen LogP contribution < -0.4 is 5.32 Å². The van der Waals surface area contributed by atoms with Gasteiger partial charge in [-0.15, -0.1) is 0 Å². The molecule has 0 aliphatic rings. The van der Waals surface area contributed by atoms with E-state index in [1.54, 1.807) is 18.2 Å². The van der Waals surface area contributed by atoms with Crippen LogP contribution in [-0.2, 0) is 11.2 Å². The lowest BCUT2D eigenvalue weighted by Crippen LogP contribution is -2.19. The maximum Gasteiger partial charge on any atom is 0.273 e. The number of hydrogen-bond donors (Lipinski definition) is 1. The van der Waals surface area contributed by atoms with E-state index in [2.05, 4.69) is 5.32 Å². The molecule has 0 aromatic heterocycles. The number of nitrogens with one attached hydrogen (secondary N) is 1. The summed E-state index contributed by atoms with van der Waals surface area (Å²) in [5, 5.41) is 22.1. The molecule has 1 amide bonds. The normalized spacial score (nSPS) is 10.7. The molecule has 0 saturated carbocycles. The molecule has 0 atom stereocenters. The predicted molar refractivity (Wildman–Crippen MR) is 70.1 cm³/mol. The summed E-state index contributed by atoms with van der Waals surface area (Å²) in [5.74, 6) is -0.523. The maximum absolute atomic E-state index is 11.4. The number of amides is 1. The van der Waals surface area contributed by atoms with Crippen molar-refractivity contribution in [1.29, 1.82) is 5.26 Å². The Morgan fingerprint density at radius 1 is 1.58 bits per heavy atom. The molecule has 1 aromatic rings. The summed E-state index contributed by atoms with van der Waals surface area (Å²) in [4.78, 5) is 21.8. The van der Waals surface area contributed by atoms with E-state index in [0.717, 1.165) is 0 Å². The van der Waals surface area contributed by atoms with Gasteiger partial charge in [0.25, 0.3) is 11.6 Å². The number of likely N-dealkylation sites (N-methyl/N-ethyl adjacent to an activating group) is 1. The number of nitro groups is 1. The second-order valence-corrected chi connectivity index (χ2v) is 3.75. The summed E-state index contributed by atoms with van der Waals surface area (Å²) < 4.78 is 0. The molecule has 98 valence electrons. The van der Waals surface area contributed by atoms with Crippen LogP contribution in [0.3, 0.4) is 0 Å². The van der Waals surface area contributed by atoms with Crippen LogP contribution in [0, 0.1) is 21.4 Å². The van der Waals surface area contributed by atoms with Gasteiger partial charge in [0, 0.05) is 18.7 Å². The molecule has 1 rings (SSSR count). The average molecular weight is 259 g/mol. The molecule has 19 heavy (non-hydrogen) atoms. The second-order valence-electron chi connectivity index (χ2n) is 3.75. The van der Waals surface area contributed by atoms with Gasteiger partial charge in [-0.1, -0.05) is 19.1 Å². The highest BCUT2D eigenvalue weighted by molar-refractivity contribution is 6.01. The number of rotatable bonds is 4. The largest absolute Gasteiger partial charge is 0.354 e. The standard InChI is InChI=1S/C13H13N3O3/c1-3-10-5-4-9(7-12(10)16(18)19)6-11(8-14)13(17)15-2/h4-7H,3H2,1-2H3,(H,15,17)/b11-6+. The zero-order valence-electron chi connectivity index (χ0n) is 10.6. The van der Waals surface area contributed by atoms with Crippen LogP contribution in [0.5, 0.6) is 0 Å². The van der Waals surface area contributed by atoms with Crippen molar-refractivity contribution >= 4 is 17.7 Å². The molecule has 6 heteroatoms. The predicted octanol–water partition coefficient (Wildman–Crippen LogP) is 1.81. The summed E-state index contributed by atoms with van der Waals surface area (Å²) in [7, 11) is 1.41. The van der Waals surface area contributed by atoms with Crippen molar-refractivity contribution in [1.82, 2.24) is 5.32 Å². The fourth-order valence-electron chi connectivity index (χ4n) is 1.59. The third-order valence-electron chi connectivity index (χ3n) is 2.59. The average Bonchev–Trinajstić information content (AvgIpc) is 2.43. The van der Waals surface area contributed by atoms with Crippen molar-refractivity contribution in [2.45, 2.75) is 13.3 Å². The lowest BCUT2D eigenvalue weighted by atomic mass is 10.0. The molecular weight excluding hydrogens is 246 g/mol. The molecule has 0 aliphatic carbocycles. The van der Waals surface area contributed by atoms with E-state index in [9.17, 15) is 14.9 Å². The van der Waals surface area contributed by atoms with E-state index in [4.69, 9.17) is 5.26 Å². The number of aryl methyl sites for hydroxylation is 1. The van der Waals surface area contributed by atoms with Gasteiger partial charge in [-0.2, -0.15) is 5.26 Å². The molecule has 0 unspecified atom stereocenters. The molecule has 1 N–H and O–H groups in total. The number of nitro benzene ring substituents is 1. The van der Waals surface area contributed by atoms with Gasteiger partial charge >= 0.3 is 0 Å². The number of hydrogen-bond acceptors (Lipinski definition) is 4. The van der Waals surface area contributed by atoms with E-state index in [0.29, 0.717) is 17.5 Å². The molecule has 6 nitrogen and oxygen atoms in total. The Morgan fingerprint density at radius 2 is 2.26 bits per heavy atom. The molecule has 0 aliphatic heterocycles. The lowest BCUT2D eigenvalue weighted by molar-refractivity contribution is -0.385. The van der Waals surface area contributed by atoms with Crippen LogP contribution in [0.2, 0.25) is 0 Å². The lowest BCUT2D eigenvalue weighted by Gasteiger charge is -2.02. The van der Waals surface area contributed by atoms with Crippen molar-refractivity contribution in [3.05, 3.63) is 45.0 Å². The van der Waals surface area contributed by atoms with Gasteiger partial charge in [-0.05, 0) is 18.1 Å². The summed E-state index contributed by atoms with van der Waals surface area (Å²) in [6.07, 6.45) is 1.87. The molecule has 0 heterocycles. The van der Waals surface area contributed by atoms with Gasteiger partial charge in [-0.3, -0.25) is 14.9 Å². The Hall–Kier alpha value is -2.68. The van der Waals surface area contributed by atoms with Gasteiger partial charge in [0.1, 0.15) is 11.6 Å². The first-order chi connectivity index (χ1) is 9.03. The van der Waals surface area contributed by atoms with E-state index in [1.165, 1.54) is 19.2 Å². The highest BCUT2D eigenvalue weighted by Gasteiger charge is 2.13. The SMILES string of the molecule is CCc1ccc(/C=C(\C#N)C(=O)NC)cc1[N+](=O)[O-]. The second kappa shape index (κ2) is 6.31. The van der Waals surface area contributed by atoms with E-state index in [-0.39, 0.29) is 11.3 Å². The Balaban J connectivity index is 3.27. The Morgan fingerprint density at radius 3 is 2.74 bits per heavy atom. The number of benzene rings is 1. The summed E-state index contributed by atoms with van der Waals surface area (Å²) in [6.45, 7) is 1.82. The van der Waals surface area contributed by atoms with Crippen molar-refractivity contribution in [2.75, 3.05) is 7.05 Å². The number of nitrogens with zero attached hydrogens (tertiary/aromatic N) is 2. The van der Waals surface area contributed by atoms with Gasteiger partial charge < -0.3 is 5.32 Å². The summed E-state index contributed by atoms with van der Waals surface area (Å²) in [6, 6.07) is 6.39. The molecule has 0 fully saturated rings. The summed E-state index contributed by atoms with van der Waals surface area (Å²) >= 11 is 0. The van der Waals surface area contributed by atoms with Crippen LogP contribution in [0.25, 0.3) is 6.08 Å². The number of carbonyl (C=O) groups excluding carboxylic acids is 1. The van der Waals surface area contributed by atoms with Crippen LogP contribution >= 0.6 is 0 Å². The fraction of sp³-hybridized carbons (Fsp3) is 0.231. The third kappa shape index (κ3) is 3.39. The first kappa shape index (κ1) is 14.4. The minimum absolute atomic E-state index is 0.00885. The van der Waals surface area contributed by atoms with Gasteiger partial charge in [0.15, 0.2) is 0 Å². The van der Waals surface area contributed by atoms with Gasteiger partial charge in [-0.25, -0.2) is 0 Å². The van der Waals surface area contributed by atoms with E-state index >= 15 is 0 Å². The topological polar surface area (TPSA) is 96.0 Å². The molecule has 0 radical (unpaired) electrons. The first-order valence-corrected chi connectivity index (χ1v) is 5.64. The quantitative estimate of drug-likeness (QED) is 0.386. The Bertz CT molecular complexity index is 585. The van der Waals surface area contributed by atoms with Crippen molar-refractivity contribution in [2.24, 2.45) is 0 Å². The fourth-order valence-corrected chi connectivity index (χ4v) is 1.59. The van der Waals surface area contributed by atoms with Crippen molar-refractivity contribution < 1.29 is 9.72 Å². The van der Waals surface area contributed by atoms with Crippen LogP contribution in [0.1, 0.15) is 18.1 Å². The third-order valence-corrected chi connectivity index (χ3v) is 2.59. The zero-order valence-corrected chi connectivity index (χ0v) is 10.6. The first-order valence-electron chi connectivity index (χ1n) is 5.64. The minimum Gasteiger partial charge on any atom is -0.354 e. The van der Waals surface area contributed by atoms with Crippen molar-refractivity contribution in [3.63, 3.8) is 0 Å². The monoisotopic (exact) mass is 259 g/mol. The molecular formula is C13H13N3O3. The smallest absolute Gasteiger partial charge is 0.273 e. The summed E-state index contributed by atoms with van der Waals surface area (Å²) in [5.41, 5.74) is 0.955. The van der Waals surface area contributed by atoms with E-state index < -0.39 is 10.8 Å². The Labute approximate surface area is 110 Å². The Kier molecular flexibility index (Phi) is 4.77. The number of nitriles is 1. The minimum atomic E-state index is -0.523. The van der Waals surface area contributed by atoms with Crippen LogP contribution in [0.15, 0.2) is 23.8 Å². The molecule has 0 bridgehead atoms. The maximum atomic E-state index is 11.4. The zero-order chi connectivity index (χ0) is 14.4. The van der Waals surface area contributed by atoms with Crippen molar-refractivity contribution in [3.8, 4) is 6.07 Å². The van der Waals surface area contributed by atoms with Crippen LogP contribution in [0.4, 0.5) is 5.69 Å². The highest BCUT2D eigenvalue weighted by atomic mass is 16.6. The van der Waals surface area contributed by atoms with E-state index in [1.807, 2.05) is 6.92 Å². The van der Waals surface area contributed by atoms with Gasteiger partial charge in [0.05, 0.1) is 4.92 Å². The van der Waals surface area contributed by atoms with Crippen LogP contribution in [-0.4, -0.2) is 17.9 Å². The molecule has 0 spiro atoms.